The normalized spacial score (nSPS) is 14.4. The molecule has 1 aromatic heterocycles. The van der Waals surface area contributed by atoms with Gasteiger partial charge in [0.25, 0.3) is 5.56 Å². The lowest BCUT2D eigenvalue weighted by atomic mass is 10.2. The van der Waals surface area contributed by atoms with Gasteiger partial charge < -0.3 is 20.5 Å². The van der Waals surface area contributed by atoms with Crippen LogP contribution < -0.4 is 10.9 Å². The zero-order valence-corrected chi connectivity index (χ0v) is 10.8. The number of aromatic amines is 1. The highest BCUT2D eigenvalue weighted by molar-refractivity contribution is 5.60. The monoisotopic (exact) mass is 273 g/mol. The molecule has 1 fully saturated rings. The summed E-state index contributed by atoms with van der Waals surface area (Å²) in [5, 5.41) is 22.1. The minimum Gasteiger partial charge on any atom is -0.504 e. The van der Waals surface area contributed by atoms with Crippen LogP contribution in [0, 0.1) is 0 Å². The quantitative estimate of drug-likeness (QED) is 0.625. The van der Waals surface area contributed by atoms with Crippen molar-refractivity contribution in [1.82, 2.24) is 15.3 Å². The topological polar surface area (TPSA) is 98.2 Å². The van der Waals surface area contributed by atoms with Gasteiger partial charge in [0.1, 0.15) is 5.82 Å². The van der Waals surface area contributed by atoms with Gasteiger partial charge in [0.05, 0.1) is 5.69 Å². The Balaban J connectivity index is 1.91. The number of hydrogen-bond acceptors (Lipinski definition) is 5. The van der Waals surface area contributed by atoms with Crippen LogP contribution in [0.25, 0.3) is 11.4 Å². The summed E-state index contributed by atoms with van der Waals surface area (Å²) >= 11 is 0. The lowest BCUT2D eigenvalue weighted by molar-refractivity contribution is 0.404. The van der Waals surface area contributed by atoms with E-state index in [9.17, 15) is 15.0 Å². The molecule has 0 saturated heterocycles. The van der Waals surface area contributed by atoms with Crippen LogP contribution in [0.3, 0.4) is 0 Å². The molecule has 0 unspecified atom stereocenters. The fourth-order valence-corrected chi connectivity index (χ4v) is 1.94. The molecule has 0 atom stereocenters. The van der Waals surface area contributed by atoms with E-state index < -0.39 is 0 Å². The van der Waals surface area contributed by atoms with Crippen LogP contribution >= 0.6 is 0 Å². The maximum Gasteiger partial charge on any atom is 0.251 e. The van der Waals surface area contributed by atoms with Gasteiger partial charge in [-0.3, -0.25) is 4.79 Å². The molecular weight excluding hydrogens is 258 g/mol. The van der Waals surface area contributed by atoms with E-state index in [2.05, 4.69) is 15.3 Å². The van der Waals surface area contributed by atoms with E-state index in [4.69, 9.17) is 0 Å². The second kappa shape index (κ2) is 4.97. The van der Waals surface area contributed by atoms with Gasteiger partial charge in [0.15, 0.2) is 11.5 Å². The van der Waals surface area contributed by atoms with Gasteiger partial charge in [0.2, 0.25) is 0 Å². The number of aromatic hydroxyl groups is 2. The molecule has 1 aliphatic rings. The standard InChI is InChI=1S/C14H15N3O3/c18-11-4-1-8(5-12(11)19)14-16-10(6-13(20)17-14)7-15-9-2-3-9/h1,4-6,9,15,18-19H,2-3,7H2,(H,16,17,20). The van der Waals surface area contributed by atoms with Crippen molar-refractivity contribution in [2.24, 2.45) is 0 Å². The highest BCUT2D eigenvalue weighted by Crippen LogP contribution is 2.28. The van der Waals surface area contributed by atoms with Crippen molar-refractivity contribution in [3.8, 4) is 22.9 Å². The second-order valence-corrected chi connectivity index (χ2v) is 4.94. The molecule has 2 aromatic rings. The van der Waals surface area contributed by atoms with E-state index in [1.807, 2.05) is 0 Å². The molecule has 1 heterocycles. The van der Waals surface area contributed by atoms with E-state index in [-0.39, 0.29) is 17.1 Å². The molecule has 6 heteroatoms. The molecule has 0 amide bonds. The molecule has 6 nitrogen and oxygen atoms in total. The van der Waals surface area contributed by atoms with Crippen molar-refractivity contribution in [3.05, 3.63) is 40.3 Å². The summed E-state index contributed by atoms with van der Waals surface area (Å²) < 4.78 is 0. The van der Waals surface area contributed by atoms with Crippen LogP contribution in [0.5, 0.6) is 11.5 Å². The summed E-state index contributed by atoms with van der Waals surface area (Å²) in [6, 6.07) is 6.31. The molecule has 1 aliphatic carbocycles. The van der Waals surface area contributed by atoms with Gasteiger partial charge >= 0.3 is 0 Å². The minimum atomic E-state index is -0.244. The van der Waals surface area contributed by atoms with Crippen molar-refractivity contribution >= 4 is 0 Å². The van der Waals surface area contributed by atoms with Gasteiger partial charge in [-0.05, 0) is 31.0 Å². The van der Waals surface area contributed by atoms with Crippen molar-refractivity contribution in [2.75, 3.05) is 0 Å². The molecule has 1 saturated carbocycles. The molecule has 0 bridgehead atoms. The number of phenolic OH excluding ortho intramolecular Hbond substituents is 2. The lowest BCUT2D eigenvalue weighted by Crippen LogP contribution is -2.19. The third-order valence-corrected chi connectivity index (χ3v) is 3.19. The van der Waals surface area contributed by atoms with Crippen LogP contribution in [0.4, 0.5) is 0 Å². The van der Waals surface area contributed by atoms with Crippen LogP contribution in [-0.4, -0.2) is 26.2 Å². The Kier molecular flexibility index (Phi) is 3.15. The first-order chi connectivity index (χ1) is 9.61. The molecule has 1 aromatic carbocycles. The molecule has 0 spiro atoms. The van der Waals surface area contributed by atoms with Crippen molar-refractivity contribution in [2.45, 2.75) is 25.4 Å². The smallest absolute Gasteiger partial charge is 0.251 e. The summed E-state index contributed by atoms with van der Waals surface area (Å²) in [4.78, 5) is 18.7. The van der Waals surface area contributed by atoms with Crippen molar-refractivity contribution < 1.29 is 10.2 Å². The zero-order chi connectivity index (χ0) is 14.1. The fourth-order valence-electron chi connectivity index (χ4n) is 1.94. The fraction of sp³-hybridized carbons (Fsp3) is 0.286. The Hall–Kier alpha value is -2.34. The number of H-pyrrole nitrogens is 1. The first-order valence-electron chi connectivity index (χ1n) is 6.48. The molecule has 104 valence electrons. The van der Waals surface area contributed by atoms with Gasteiger partial charge in [0, 0.05) is 24.2 Å². The van der Waals surface area contributed by atoms with E-state index >= 15 is 0 Å². The summed E-state index contributed by atoms with van der Waals surface area (Å²) in [7, 11) is 0. The highest BCUT2D eigenvalue weighted by Gasteiger charge is 2.20. The Morgan fingerprint density at radius 2 is 2.05 bits per heavy atom. The van der Waals surface area contributed by atoms with Gasteiger partial charge in [-0.2, -0.15) is 0 Å². The molecule has 20 heavy (non-hydrogen) atoms. The van der Waals surface area contributed by atoms with Crippen molar-refractivity contribution in [3.63, 3.8) is 0 Å². The Morgan fingerprint density at radius 1 is 1.25 bits per heavy atom. The number of rotatable bonds is 4. The largest absolute Gasteiger partial charge is 0.504 e. The van der Waals surface area contributed by atoms with Gasteiger partial charge in [-0.1, -0.05) is 0 Å². The Labute approximate surface area is 115 Å². The predicted molar refractivity (Wildman–Crippen MR) is 73.5 cm³/mol. The SMILES string of the molecule is O=c1cc(CNC2CC2)nc(-c2ccc(O)c(O)c2)[nH]1. The number of benzene rings is 1. The van der Waals surface area contributed by atoms with Crippen LogP contribution in [0.2, 0.25) is 0 Å². The van der Waals surface area contributed by atoms with Gasteiger partial charge in [-0.25, -0.2) is 4.98 Å². The average Bonchev–Trinajstić information content (AvgIpc) is 3.23. The van der Waals surface area contributed by atoms with Gasteiger partial charge in [-0.15, -0.1) is 0 Å². The predicted octanol–water partition coefficient (Wildman–Crippen LogP) is 1.10. The summed E-state index contributed by atoms with van der Waals surface area (Å²) in [5.74, 6) is -0.0743. The van der Waals surface area contributed by atoms with Crippen LogP contribution in [0.1, 0.15) is 18.5 Å². The third kappa shape index (κ3) is 2.80. The number of nitrogens with one attached hydrogen (secondary N) is 2. The average molecular weight is 273 g/mol. The Morgan fingerprint density at radius 3 is 2.75 bits per heavy atom. The Bertz CT molecular complexity index is 692. The van der Waals surface area contributed by atoms with E-state index in [1.165, 1.54) is 31.0 Å². The number of phenols is 2. The zero-order valence-electron chi connectivity index (χ0n) is 10.8. The maximum absolute atomic E-state index is 11.7. The van der Waals surface area contributed by atoms with Crippen molar-refractivity contribution in [1.29, 1.82) is 0 Å². The lowest BCUT2D eigenvalue weighted by Gasteiger charge is -2.06. The summed E-state index contributed by atoms with van der Waals surface area (Å²) in [6.07, 6.45) is 2.34. The van der Waals surface area contributed by atoms with Crippen LogP contribution in [0.15, 0.2) is 29.1 Å². The molecule has 4 N–H and O–H groups in total. The number of aromatic nitrogens is 2. The minimum absolute atomic E-state index is 0.206. The number of hydrogen-bond donors (Lipinski definition) is 4. The first kappa shape index (κ1) is 12.7. The van der Waals surface area contributed by atoms with E-state index in [0.29, 0.717) is 29.7 Å². The summed E-state index contributed by atoms with van der Waals surface area (Å²) in [5.41, 5.74) is 0.962. The maximum atomic E-state index is 11.7. The van der Waals surface area contributed by atoms with Crippen LogP contribution in [-0.2, 0) is 6.54 Å². The molecule has 3 rings (SSSR count). The molecule has 0 radical (unpaired) electrons. The third-order valence-electron chi connectivity index (χ3n) is 3.19. The molecular formula is C14H15N3O3. The first-order valence-corrected chi connectivity index (χ1v) is 6.48. The highest BCUT2D eigenvalue weighted by atomic mass is 16.3. The molecule has 0 aliphatic heterocycles. The van der Waals surface area contributed by atoms with E-state index in [0.717, 1.165) is 0 Å². The van der Waals surface area contributed by atoms with E-state index in [1.54, 1.807) is 6.07 Å². The number of nitrogens with zero attached hydrogens (tertiary/aromatic N) is 1. The summed E-state index contributed by atoms with van der Waals surface area (Å²) in [6.45, 7) is 0.547. The second-order valence-electron chi connectivity index (χ2n) is 4.94.